The average Bonchev–Trinajstić information content (AvgIpc) is 2.89. The predicted molar refractivity (Wildman–Crippen MR) is 77.1 cm³/mol. The molecule has 0 aliphatic carbocycles. The number of nitrogens with two attached hydrogens (primary N) is 1. The van der Waals surface area contributed by atoms with E-state index in [2.05, 4.69) is 0 Å². The van der Waals surface area contributed by atoms with Gasteiger partial charge in [0, 0.05) is 32.4 Å². The smallest absolute Gasteiger partial charge is 0.138 e. The first-order chi connectivity index (χ1) is 9.71. The van der Waals surface area contributed by atoms with Crippen LogP contribution >= 0.6 is 11.6 Å². The lowest BCUT2D eigenvalue weighted by molar-refractivity contribution is -0.112. The molecule has 2 N–H and O–H groups in total. The Morgan fingerprint density at radius 2 is 2.30 bits per heavy atom. The van der Waals surface area contributed by atoms with Gasteiger partial charge in [0.2, 0.25) is 0 Å². The number of hydrogen-bond donors (Lipinski definition) is 1. The van der Waals surface area contributed by atoms with Gasteiger partial charge in [-0.15, -0.1) is 0 Å². The van der Waals surface area contributed by atoms with E-state index >= 15 is 0 Å². The van der Waals surface area contributed by atoms with Gasteiger partial charge in [-0.2, -0.15) is 0 Å². The normalized spacial score (nSPS) is 29.8. The van der Waals surface area contributed by atoms with Crippen LogP contribution in [0, 0.1) is 0 Å². The Morgan fingerprint density at radius 1 is 1.40 bits per heavy atom. The van der Waals surface area contributed by atoms with Gasteiger partial charge in [-0.3, -0.25) is 0 Å². The van der Waals surface area contributed by atoms with Crippen LogP contribution in [0.1, 0.15) is 24.8 Å². The summed E-state index contributed by atoms with van der Waals surface area (Å²) in [6.07, 6.45) is 2.83. The fraction of sp³-hybridized carbons (Fsp3) is 0.600. The van der Waals surface area contributed by atoms with E-state index < -0.39 is 0 Å². The average molecular weight is 298 g/mol. The molecule has 0 radical (unpaired) electrons. The summed E-state index contributed by atoms with van der Waals surface area (Å²) in [6, 6.07) is 5.72. The third-order valence-electron chi connectivity index (χ3n) is 4.04. The largest absolute Gasteiger partial charge is 0.489 e. The van der Waals surface area contributed by atoms with E-state index in [-0.39, 0.29) is 11.7 Å². The number of hydrogen-bond acceptors (Lipinski definition) is 4. The van der Waals surface area contributed by atoms with Crippen LogP contribution in [0.4, 0.5) is 0 Å². The van der Waals surface area contributed by atoms with E-state index in [1.165, 1.54) is 0 Å². The summed E-state index contributed by atoms with van der Waals surface area (Å²) in [5, 5.41) is 0.621. The molecule has 0 bridgehead atoms. The zero-order chi connectivity index (χ0) is 14.0. The molecule has 2 fully saturated rings. The molecule has 4 nitrogen and oxygen atoms in total. The molecular formula is C15H20ClNO3. The second-order valence-corrected chi connectivity index (χ2v) is 5.94. The monoisotopic (exact) mass is 297 g/mol. The quantitative estimate of drug-likeness (QED) is 0.931. The highest BCUT2D eigenvalue weighted by Crippen LogP contribution is 2.36. The third kappa shape index (κ3) is 2.93. The minimum Gasteiger partial charge on any atom is -0.489 e. The van der Waals surface area contributed by atoms with Crippen LogP contribution in [0.2, 0.25) is 5.02 Å². The summed E-state index contributed by atoms with van der Waals surface area (Å²) in [6.45, 7) is 2.65. The van der Waals surface area contributed by atoms with E-state index in [0.717, 1.165) is 37.2 Å². The van der Waals surface area contributed by atoms with Crippen molar-refractivity contribution in [2.45, 2.75) is 37.5 Å². The van der Waals surface area contributed by atoms with Crippen molar-refractivity contribution in [1.29, 1.82) is 0 Å². The first-order valence-electron chi connectivity index (χ1n) is 7.08. The molecular weight excluding hydrogens is 278 g/mol. The summed E-state index contributed by atoms with van der Waals surface area (Å²) in [4.78, 5) is 0. The van der Waals surface area contributed by atoms with E-state index in [1.54, 1.807) is 0 Å². The minimum absolute atomic E-state index is 0.131. The molecule has 110 valence electrons. The molecule has 3 rings (SSSR count). The molecule has 1 aromatic rings. The van der Waals surface area contributed by atoms with E-state index in [4.69, 9.17) is 31.5 Å². The SMILES string of the molecule is NCc1ccc(OC2CCOC3(CCOC3)C2)c(Cl)c1. The molecule has 1 aromatic carbocycles. The molecule has 2 saturated heterocycles. The first-order valence-corrected chi connectivity index (χ1v) is 7.45. The first kappa shape index (κ1) is 14.1. The van der Waals surface area contributed by atoms with Gasteiger partial charge in [0.05, 0.1) is 23.8 Å². The highest BCUT2D eigenvalue weighted by Gasteiger charge is 2.41. The van der Waals surface area contributed by atoms with Crippen LogP contribution in [0.15, 0.2) is 18.2 Å². The molecule has 0 aromatic heterocycles. The van der Waals surface area contributed by atoms with Crippen molar-refractivity contribution >= 4 is 11.6 Å². The van der Waals surface area contributed by atoms with E-state index in [0.29, 0.717) is 24.8 Å². The Labute approximate surface area is 124 Å². The van der Waals surface area contributed by atoms with Gasteiger partial charge in [0.25, 0.3) is 0 Å². The Kier molecular flexibility index (Phi) is 4.17. The van der Waals surface area contributed by atoms with Crippen molar-refractivity contribution in [2.24, 2.45) is 5.73 Å². The van der Waals surface area contributed by atoms with Crippen molar-refractivity contribution < 1.29 is 14.2 Å². The number of ether oxygens (including phenoxy) is 3. The number of halogens is 1. The van der Waals surface area contributed by atoms with Gasteiger partial charge in [0.15, 0.2) is 0 Å². The zero-order valence-electron chi connectivity index (χ0n) is 11.4. The van der Waals surface area contributed by atoms with Crippen LogP contribution < -0.4 is 10.5 Å². The maximum Gasteiger partial charge on any atom is 0.138 e. The molecule has 2 unspecified atom stereocenters. The zero-order valence-corrected chi connectivity index (χ0v) is 12.2. The fourth-order valence-electron chi connectivity index (χ4n) is 2.89. The van der Waals surface area contributed by atoms with Crippen molar-refractivity contribution in [1.82, 2.24) is 0 Å². The molecule has 2 aliphatic heterocycles. The van der Waals surface area contributed by atoms with E-state index in [9.17, 15) is 0 Å². The molecule has 2 heterocycles. The van der Waals surface area contributed by atoms with E-state index in [1.807, 2.05) is 18.2 Å². The van der Waals surface area contributed by atoms with Crippen molar-refractivity contribution in [3.05, 3.63) is 28.8 Å². The van der Waals surface area contributed by atoms with Gasteiger partial charge in [-0.25, -0.2) is 0 Å². The van der Waals surface area contributed by atoms with Gasteiger partial charge in [-0.1, -0.05) is 17.7 Å². The van der Waals surface area contributed by atoms with Crippen LogP contribution in [0.5, 0.6) is 5.75 Å². The Morgan fingerprint density at radius 3 is 3.00 bits per heavy atom. The highest BCUT2D eigenvalue weighted by atomic mass is 35.5. The molecule has 2 aliphatic rings. The topological polar surface area (TPSA) is 53.7 Å². The van der Waals surface area contributed by atoms with Crippen LogP contribution in [-0.4, -0.2) is 31.5 Å². The summed E-state index contributed by atoms with van der Waals surface area (Å²) < 4.78 is 17.4. The lowest BCUT2D eigenvalue weighted by atomic mass is 9.91. The van der Waals surface area contributed by atoms with Crippen molar-refractivity contribution in [2.75, 3.05) is 19.8 Å². The van der Waals surface area contributed by atoms with Gasteiger partial charge >= 0.3 is 0 Å². The maximum atomic E-state index is 6.24. The Balaban J connectivity index is 1.68. The molecule has 0 saturated carbocycles. The number of rotatable bonds is 3. The molecule has 5 heteroatoms. The lowest BCUT2D eigenvalue weighted by Gasteiger charge is -2.37. The standard InChI is InChI=1S/C15H20ClNO3/c16-13-7-11(9-17)1-2-14(13)20-12-3-5-19-15(8-12)4-6-18-10-15/h1-2,7,12H,3-6,8-10,17H2. The maximum absolute atomic E-state index is 6.24. The minimum atomic E-state index is -0.146. The van der Waals surface area contributed by atoms with Gasteiger partial charge in [-0.05, 0) is 17.7 Å². The molecule has 2 atom stereocenters. The third-order valence-corrected chi connectivity index (χ3v) is 4.34. The van der Waals surface area contributed by atoms with Crippen LogP contribution in [0.3, 0.4) is 0 Å². The number of benzene rings is 1. The predicted octanol–water partition coefficient (Wildman–Crippen LogP) is 2.52. The van der Waals surface area contributed by atoms with Crippen molar-refractivity contribution in [3.8, 4) is 5.75 Å². The Bertz CT molecular complexity index is 474. The lowest BCUT2D eigenvalue weighted by Crippen LogP contribution is -2.44. The summed E-state index contributed by atoms with van der Waals surface area (Å²) in [5.74, 6) is 0.727. The molecule has 0 amide bonds. The highest BCUT2D eigenvalue weighted by molar-refractivity contribution is 6.32. The fourth-order valence-corrected chi connectivity index (χ4v) is 3.14. The molecule has 1 spiro atoms. The summed E-state index contributed by atoms with van der Waals surface area (Å²) >= 11 is 6.24. The Hall–Kier alpha value is -0.810. The van der Waals surface area contributed by atoms with Crippen LogP contribution in [-0.2, 0) is 16.0 Å². The summed E-state index contributed by atoms with van der Waals surface area (Å²) in [5.41, 5.74) is 6.46. The molecule has 20 heavy (non-hydrogen) atoms. The second kappa shape index (κ2) is 5.90. The summed E-state index contributed by atoms with van der Waals surface area (Å²) in [7, 11) is 0. The second-order valence-electron chi connectivity index (χ2n) is 5.54. The van der Waals surface area contributed by atoms with Crippen molar-refractivity contribution in [3.63, 3.8) is 0 Å². The van der Waals surface area contributed by atoms with Crippen LogP contribution in [0.25, 0.3) is 0 Å². The van der Waals surface area contributed by atoms with Gasteiger partial charge < -0.3 is 19.9 Å². The van der Waals surface area contributed by atoms with Gasteiger partial charge in [0.1, 0.15) is 11.9 Å².